The predicted molar refractivity (Wildman–Crippen MR) is 63.0 cm³/mol. The van der Waals surface area contributed by atoms with Crippen molar-refractivity contribution in [1.82, 2.24) is 4.98 Å². The van der Waals surface area contributed by atoms with Crippen LogP contribution < -0.4 is 5.32 Å². The lowest BCUT2D eigenvalue weighted by atomic mass is 10.1. The fourth-order valence-electron chi connectivity index (χ4n) is 1.87. The number of ether oxygens (including phenoxy) is 1. The van der Waals surface area contributed by atoms with E-state index < -0.39 is 4.92 Å². The molecule has 1 aliphatic rings. The van der Waals surface area contributed by atoms with E-state index in [1.54, 1.807) is 12.1 Å². The minimum Gasteiger partial charge on any atom is -0.376 e. The van der Waals surface area contributed by atoms with Crippen LogP contribution in [0.25, 0.3) is 0 Å². The Balaban J connectivity index is 1.96. The number of hydrogen-bond donors (Lipinski definition) is 1. The lowest BCUT2D eigenvalue weighted by molar-refractivity contribution is -0.388. The topological polar surface area (TPSA) is 77.3 Å². The smallest absolute Gasteiger partial charge is 0.376 e. The maximum atomic E-state index is 10.7. The number of nitrogens with one attached hydrogen (secondary N) is 1. The minimum absolute atomic E-state index is 0.136. The molecule has 92 valence electrons. The van der Waals surface area contributed by atoms with Crippen LogP contribution in [0.2, 0.25) is 0 Å². The Bertz CT molecular complexity index is 391. The maximum Gasteiger partial charge on any atom is 0.386 e. The highest BCUT2D eigenvalue weighted by Gasteiger charge is 2.17. The Hall–Kier alpha value is -1.69. The van der Waals surface area contributed by atoms with Gasteiger partial charge in [-0.1, -0.05) is 0 Å². The number of aromatic nitrogens is 1. The van der Waals surface area contributed by atoms with Gasteiger partial charge in [-0.2, -0.15) is 0 Å². The van der Waals surface area contributed by atoms with Crippen LogP contribution in [0.4, 0.5) is 11.5 Å². The molecule has 0 saturated carbocycles. The Morgan fingerprint density at radius 2 is 2.47 bits per heavy atom. The molecule has 6 heteroatoms. The van der Waals surface area contributed by atoms with Gasteiger partial charge in [0.2, 0.25) is 0 Å². The monoisotopic (exact) mass is 237 g/mol. The Morgan fingerprint density at radius 3 is 3.18 bits per heavy atom. The largest absolute Gasteiger partial charge is 0.386 e. The van der Waals surface area contributed by atoms with Crippen LogP contribution in [0.15, 0.2) is 18.3 Å². The van der Waals surface area contributed by atoms with Crippen molar-refractivity contribution in [3.05, 3.63) is 28.4 Å². The summed E-state index contributed by atoms with van der Waals surface area (Å²) in [5.41, 5.74) is 0.451. The van der Waals surface area contributed by atoms with Crippen molar-refractivity contribution < 1.29 is 9.66 Å². The van der Waals surface area contributed by atoms with E-state index in [1.807, 2.05) is 0 Å². The summed E-state index contributed by atoms with van der Waals surface area (Å²) in [6.07, 6.45) is 4.82. The highest BCUT2D eigenvalue weighted by Crippen LogP contribution is 2.21. The second-order valence-electron chi connectivity index (χ2n) is 4.00. The van der Waals surface area contributed by atoms with E-state index in [-0.39, 0.29) is 11.9 Å². The quantitative estimate of drug-likeness (QED) is 0.640. The summed E-state index contributed by atoms with van der Waals surface area (Å²) >= 11 is 0. The van der Waals surface area contributed by atoms with Gasteiger partial charge in [0.25, 0.3) is 0 Å². The van der Waals surface area contributed by atoms with Gasteiger partial charge in [-0.05, 0) is 41.3 Å². The first-order chi connectivity index (χ1) is 8.27. The Labute approximate surface area is 99.2 Å². The summed E-state index contributed by atoms with van der Waals surface area (Å²) in [6.45, 7) is 1.37. The zero-order valence-electron chi connectivity index (χ0n) is 9.46. The van der Waals surface area contributed by atoms with Gasteiger partial charge in [0.05, 0.1) is 6.10 Å². The van der Waals surface area contributed by atoms with Gasteiger partial charge >= 0.3 is 5.82 Å². The predicted octanol–water partition coefficient (Wildman–Crippen LogP) is 1.97. The highest BCUT2D eigenvalue weighted by molar-refractivity contribution is 5.56. The van der Waals surface area contributed by atoms with Crippen molar-refractivity contribution in [3.63, 3.8) is 0 Å². The normalized spacial score (nSPS) is 19.9. The molecular weight excluding hydrogens is 222 g/mol. The second-order valence-corrected chi connectivity index (χ2v) is 4.00. The van der Waals surface area contributed by atoms with Crippen molar-refractivity contribution in [2.24, 2.45) is 0 Å². The SMILES string of the molecule is O=[N+]([O-])c1ncccc1NCC1CCCCO1. The highest BCUT2D eigenvalue weighted by atomic mass is 16.6. The molecule has 1 aromatic rings. The summed E-state index contributed by atoms with van der Waals surface area (Å²) in [4.78, 5) is 14.0. The molecule has 2 heterocycles. The average Bonchev–Trinajstić information content (AvgIpc) is 2.38. The molecule has 0 aromatic carbocycles. The molecule has 0 radical (unpaired) electrons. The number of hydrogen-bond acceptors (Lipinski definition) is 5. The molecule has 0 spiro atoms. The van der Waals surface area contributed by atoms with Crippen molar-refractivity contribution in [3.8, 4) is 0 Å². The van der Waals surface area contributed by atoms with E-state index in [4.69, 9.17) is 4.74 Å². The summed E-state index contributed by atoms with van der Waals surface area (Å²) in [6, 6.07) is 3.34. The first-order valence-electron chi connectivity index (χ1n) is 5.72. The zero-order chi connectivity index (χ0) is 12.1. The van der Waals surface area contributed by atoms with E-state index in [1.165, 1.54) is 6.20 Å². The molecule has 1 aromatic heterocycles. The molecule has 0 bridgehead atoms. The van der Waals surface area contributed by atoms with Crippen molar-refractivity contribution in [2.75, 3.05) is 18.5 Å². The van der Waals surface area contributed by atoms with Crippen LogP contribution in [-0.2, 0) is 4.74 Å². The van der Waals surface area contributed by atoms with Crippen LogP contribution in [0, 0.1) is 10.1 Å². The van der Waals surface area contributed by atoms with E-state index in [0.717, 1.165) is 25.9 Å². The summed E-state index contributed by atoms with van der Waals surface area (Å²) in [5.74, 6) is -0.136. The third-order valence-corrected chi connectivity index (χ3v) is 2.75. The molecule has 1 saturated heterocycles. The van der Waals surface area contributed by atoms with E-state index in [0.29, 0.717) is 12.2 Å². The lowest BCUT2D eigenvalue weighted by Gasteiger charge is -2.22. The third-order valence-electron chi connectivity index (χ3n) is 2.75. The molecule has 6 nitrogen and oxygen atoms in total. The first-order valence-corrected chi connectivity index (χ1v) is 5.72. The van der Waals surface area contributed by atoms with E-state index >= 15 is 0 Å². The molecule has 1 N–H and O–H groups in total. The van der Waals surface area contributed by atoms with E-state index in [2.05, 4.69) is 10.3 Å². The van der Waals surface area contributed by atoms with Crippen LogP contribution in [0.1, 0.15) is 19.3 Å². The van der Waals surface area contributed by atoms with E-state index in [9.17, 15) is 10.1 Å². The number of nitrogens with zero attached hydrogens (tertiary/aromatic N) is 2. The molecule has 1 aliphatic heterocycles. The molecule has 0 amide bonds. The van der Waals surface area contributed by atoms with Gasteiger partial charge in [-0.15, -0.1) is 0 Å². The van der Waals surface area contributed by atoms with Crippen LogP contribution in [-0.4, -0.2) is 29.2 Å². The molecule has 2 rings (SSSR count). The average molecular weight is 237 g/mol. The fraction of sp³-hybridized carbons (Fsp3) is 0.545. The van der Waals surface area contributed by atoms with Crippen molar-refractivity contribution >= 4 is 11.5 Å². The summed E-state index contributed by atoms with van der Waals surface area (Å²) in [5, 5.41) is 13.8. The minimum atomic E-state index is -0.482. The van der Waals surface area contributed by atoms with Gasteiger partial charge in [0, 0.05) is 13.2 Å². The lowest BCUT2D eigenvalue weighted by Crippen LogP contribution is -2.27. The zero-order valence-corrected chi connectivity index (χ0v) is 9.46. The van der Waals surface area contributed by atoms with Gasteiger partial charge < -0.3 is 20.2 Å². The van der Waals surface area contributed by atoms with Crippen LogP contribution in [0.3, 0.4) is 0 Å². The van der Waals surface area contributed by atoms with Crippen LogP contribution >= 0.6 is 0 Å². The fourth-order valence-corrected chi connectivity index (χ4v) is 1.87. The molecule has 17 heavy (non-hydrogen) atoms. The third kappa shape index (κ3) is 3.13. The Kier molecular flexibility index (Phi) is 3.87. The summed E-state index contributed by atoms with van der Waals surface area (Å²) in [7, 11) is 0. The van der Waals surface area contributed by atoms with Gasteiger partial charge in [-0.3, -0.25) is 0 Å². The molecule has 1 atom stereocenters. The van der Waals surface area contributed by atoms with Gasteiger partial charge in [-0.25, -0.2) is 0 Å². The number of pyridine rings is 1. The first kappa shape index (κ1) is 11.8. The van der Waals surface area contributed by atoms with Crippen molar-refractivity contribution in [2.45, 2.75) is 25.4 Å². The maximum absolute atomic E-state index is 10.7. The molecular formula is C11H15N3O3. The number of rotatable bonds is 4. The van der Waals surface area contributed by atoms with Crippen molar-refractivity contribution in [1.29, 1.82) is 0 Å². The van der Waals surface area contributed by atoms with Crippen LogP contribution in [0.5, 0.6) is 0 Å². The van der Waals surface area contributed by atoms with Gasteiger partial charge in [0.15, 0.2) is 0 Å². The summed E-state index contributed by atoms with van der Waals surface area (Å²) < 4.78 is 5.55. The molecule has 1 fully saturated rings. The number of anilines is 1. The standard InChI is InChI=1S/C11H15N3O3/c15-14(16)11-10(5-3-6-12-11)13-8-9-4-1-2-7-17-9/h3,5-6,9,13H,1-2,4,7-8H2. The molecule has 0 aliphatic carbocycles. The Morgan fingerprint density at radius 1 is 1.59 bits per heavy atom. The second kappa shape index (κ2) is 5.58. The number of nitro groups is 1. The molecule has 1 unspecified atom stereocenters. The van der Waals surface area contributed by atoms with Gasteiger partial charge in [0.1, 0.15) is 11.9 Å².